The molecule has 0 aromatic rings. The fourth-order valence-electron chi connectivity index (χ4n) is 2.02. The number of carbonyl (C=O) groups excluding carboxylic acids is 1. The first-order valence-corrected chi connectivity index (χ1v) is 6.05. The molecule has 0 aliphatic heterocycles. The number of carboxylic acid groups (broad SMARTS) is 1. The van der Waals surface area contributed by atoms with Crippen LogP contribution in [0.1, 0.15) is 46.0 Å². The number of aliphatic carboxylic acids is 1. The molecule has 2 atom stereocenters. The Hall–Kier alpha value is -1.06. The van der Waals surface area contributed by atoms with Crippen molar-refractivity contribution in [3.8, 4) is 0 Å². The lowest BCUT2D eigenvalue weighted by atomic mass is 9.92. The summed E-state index contributed by atoms with van der Waals surface area (Å²) in [7, 11) is 0. The maximum absolute atomic E-state index is 11.8. The minimum atomic E-state index is -0.911. The highest BCUT2D eigenvalue weighted by molar-refractivity contribution is 5.84. The van der Waals surface area contributed by atoms with Crippen LogP contribution in [-0.4, -0.2) is 23.0 Å². The molecule has 92 valence electrons. The highest BCUT2D eigenvalue weighted by Gasteiger charge is 2.27. The van der Waals surface area contributed by atoms with Gasteiger partial charge in [-0.05, 0) is 12.8 Å². The molecule has 0 radical (unpaired) electrons. The van der Waals surface area contributed by atoms with E-state index < -0.39 is 17.8 Å². The highest BCUT2D eigenvalue weighted by Crippen LogP contribution is 2.19. The van der Waals surface area contributed by atoms with Gasteiger partial charge in [-0.3, -0.25) is 9.59 Å². The predicted octanol–water partition coefficient (Wildman–Crippen LogP) is 1.79. The Morgan fingerprint density at radius 1 is 1.12 bits per heavy atom. The molecule has 4 nitrogen and oxygen atoms in total. The average Bonchev–Trinajstić information content (AvgIpc) is 2.28. The molecule has 1 fully saturated rings. The van der Waals surface area contributed by atoms with E-state index >= 15 is 0 Å². The molecule has 2 unspecified atom stereocenters. The molecule has 0 bridgehead atoms. The molecule has 1 aliphatic carbocycles. The normalized spacial score (nSPS) is 21.1. The SMILES string of the molecule is CC(C(=O)O)C(C)C(=O)NC1CCCCC1. The van der Waals surface area contributed by atoms with Crippen molar-refractivity contribution in [1.82, 2.24) is 5.32 Å². The van der Waals surface area contributed by atoms with Crippen molar-refractivity contribution in [1.29, 1.82) is 0 Å². The Morgan fingerprint density at radius 2 is 1.69 bits per heavy atom. The van der Waals surface area contributed by atoms with Gasteiger partial charge in [-0.2, -0.15) is 0 Å². The largest absolute Gasteiger partial charge is 0.481 e. The van der Waals surface area contributed by atoms with Gasteiger partial charge in [0, 0.05) is 12.0 Å². The summed E-state index contributed by atoms with van der Waals surface area (Å²) in [6.45, 7) is 3.25. The van der Waals surface area contributed by atoms with Gasteiger partial charge in [0.05, 0.1) is 5.92 Å². The smallest absolute Gasteiger partial charge is 0.307 e. The minimum Gasteiger partial charge on any atom is -0.481 e. The maximum atomic E-state index is 11.8. The number of carbonyl (C=O) groups is 2. The standard InChI is InChI=1S/C12H21NO3/c1-8(9(2)12(15)16)11(14)13-10-6-4-3-5-7-10/h8-10H,3-7H2,1-2H3,(H,13,14)(H,15,16). The molecule has 4 heteroatoms. The molecule has 16 heavy (non-hydrogen) atoms. The maximum Gasteiger partial charge on any atom is 0.307 e. The monoisotopic (exact) mass is 227 g/mol. The number of carboxylic acids is 1. The molecule has 1 amide bonds. The zero-order valence-electron chi connectivity index (χ0n) is 10.0. The number of nitrogens with one attached hydrogen (secondary N) is 1. The van der Waals surface area contributed by atoms with Gasteiger partial charge in [0.15, 0.2) is 0 Å². The topological polar surface area (TPSA) is 66.4 Å². The summed E-state index contributed by atoms with van der Waals surface area (Å²) in [4.78, 5) is 22.5. The molecule has 1 rings (SSSR count). The quantitative estimate of drug-likeness (QED) is 0.769. The lowest BCUT2D eigenvalue weighted by Crippen LogP contribution is -2.42. The van der Waals surface area contributed by atoms with Gasteiger partial charge in [-0.25, -0.2) is 0 Å². The van der Waals surface area contributed by atoms with Crippen molar-refractivity contribution in [3.63, 3.8) is 0 Å². The van der Waals surface area contributed by atoms with Crippen molar-refractivity contribution in [2.75, 3.05) is 0 Å². The van der Waals surface area contributed by atoms with E-state index in [0.717, 1.165) is 25.7 Å². The second-order valence-corrected chi connectivity index (χ2v) is 4.76. The van der Waals surface area contributed by atoms with E-state index in [1.807, 2.05) is 0 Å². The molecule has 0 spiro atoms. The van der Waals surface area contributed by atoms with Gasteiger partial charge in [0.2, 0.25) is 5.91 Å². The highest BCUT2D eigenvalue weighted by atomic mass is 16.4. The third-order valence-electron chi connectivity index (χ3n) is 3.50. The van der Waals surface area contributed by atoms with Crippen LogP contribution in [0, 0.1) is 11.8 Å². The Morgan fingerprint density at radius 3 is 2.19 bits per heavy atom. The zero-order chi connectivity index (χ0) is 12.1. The van der Waals surface area contributed by atoms with Crippen LogP contribution in [0.25, 0.3) is 0 Å². The third-order valence-corrected chi connectivity index (χ3v) is 3.50. The van der Waals surface area contributed by atoms with Gasteiger partial charge in [-0.1, -0.05) is 33.1 Å². The second kappa shape index (κ2) is 5.87. The van der Waals surface area contributed by atoms with Crippen LogP contribution in [0.5, 0.6) is 0 Å². The van der Waals surface area contributed by atoms with E-state index in [1.165, 1.54) is 6.42 Å². The van der Waals surface area contributed by atoms with Crippen LogP contribution in [0.15, 0.2) is 0 Å². The Kier molecular flexibility index (Phi) is 4.77. The van der Waals surface area contributed by atoms with E-state index in [-0.39, 0.29) is 11.9 Å². The Balaban J connectivity index is 2.41. The molecule has 0 aromatic carbocycles. The van der Waals surface area contributed by atoms with Crippen molar-refractivity contribution < 1.29 is 14.7 Å². The van der Waals surface area contributed by atoms with E-state index in [2.05, 4.69) is 5.32 Å². The van der Waals surface area contributed by atoms with Crippen LogP contribution in [0.2, 0.25) is 0 Å². The predicted molar refractivity (Wildman–Crippen MR) is 61.0 cm³/mol. The van der Waals surface area contributed by atoms with Crippen molar-refractivity contribution in [3.05, 3.63) is 0 Å². The summed E-state index contributed by atoms with van der Waals surface area (Å²) in [5.74, 6) is -2.11. The van der Waals surface area contributed by atoms with Gasteiger partial charge in [0.1, 0.15) is 0 Å². The van der Waals surface area contributed by atoms with Gasteiger partial charge in [-0.15, -0.1) is 0 Å². The Bertz CT molecular complexity index is 259. The van der Waals surface area contributed by atoms with Crippen LogP contribution in [-0.2, 0) is 9.59 Å². The molecule has 0 saturated heterocycles. The third kappa shape index (κ3) is 3.51. The minimum absolute atomic E-state index is 0.123. The zero-order valence-corrected chi connectivity index (χ0v) is 10.0. The fraction of sp³-hybridized carbons (Fsp3) is 0.833. The molecular formula is C12H21NO3. The van der Waals surface area contributed by atoms with E-state index in [0.29, 0.717) is 0 Å². The van der Waals surface area contributed by atoms with Crippen molar-refractivity contribution in [2.24, 2.45) is 11.8 Å². The summed E-state index contributed by atoms with van der Waals surface area (Å²) in [6, 6.07) is 0.254. The molecule has 1 saturated carbocycles. The summed E-state index contributed by atoms with van der Waals surface area (Å²) in [5, 5.41) is 11.8. The van der Waals surface area contributed by atoms with Gasteiger partial charge in [0.25, 0.3) is 0 Å². The number of rotatable bonds is 4. The first kappa shape index (κ1) is 13.0. The number of hydrogen-bond donors (Lipinski definition) is 2. The van der Waals surface area contributed by atoms with Crippen LogP contribution >= 0.6 is 0 Å². The fourth-order valence-corrected chi connectivity index (χ4v) is 2.02. The first-order valence-electron chi connectivity index (χ1n) is 6.05. The van der Waals surface area contributed by atoms with E-state index in [4.69, 9.17) is 5.11 Å². The lowest BCUT2D eigenvalue weighted by molar-refractivity contribution is -0.146. The molecule has 1 aliphatic rings. The number of amides is 1. The lowest BCUT2D eigenvalue weighted by Gasteiger charge is -2.25. The average molecular weight is 227 g/mol. The summed E-state index contributed by atoms with van der Waals surface area (Å²) in [6.07, 6.45) is 5.62. The first-order chi connectivity index (χ1) is 7.52. The molecule has 0 aromatic heterocycles. The summed E-state index contributed by atoms with van der Waals surface area (Å²) < 4.78 is 0. The summed E-state index contributed by atoms with van der Waals surface area (Å²) >= 11 is 0. The molecule has 0 heterocycles. The second-order valence-electron chi connectivity index (χ2n) is 4.76. The van der Waals surface area contributed by atoms with Gasteiger partial charge >= 0.3 is 5.97 Å². The van der Waals surface area contributed by atoms with E-state index in [9.17, 15) is 9.59 Å². The molecular weight excluding hydrogens is 206 g/mol. The summed E-state index contributed by atoms with van der Waals surface area (Å²) in [5.41, 5.74) is 0. The molecule has 2 N–H and O–H groups in total. The van der Waals surface area contributed by atoms with Crippen LogP contribution in [0.4, 0.5) is 0 Å². The van der Waals surface area contributed by atoms with Crippen molar-refractivity contribution >= 4 is 11.9 Å². The van der Waals surface area contributed by atoms with Gasteiger partial charge < -0.3 is 10.4 Å². The Labute approximate surface area is 96.4 Å². The van der Waals surface area contributed by atoms with Crippen molar-refractivity contribution in [2.45, 2.75) is 52.0 Å². The number of hydrogen-bond acceptors (Lipinski definition) is 2. The van der Waals surface area contributed by atoms with Crippen LogP contribution in [0.3, 0.4) is 0 Å². The van der Waals surface area contributed by atoms with E-state index in [1.54, 1.807) is 13.8 Å². The van der Waals surface area contributed by atoms with Crippen LogP contribution < -0.4 is 5.32 Å².